The lowest BCUT2D eigenvalue weighted by Crippen LogP contribution is -2.14. The maximum absolute atomic E-state index is 6.26. The first-order chi connectivity index (χ1) is 8.19. The van der Waals surface area contributed by atoms with E-state index in [1.54, 1.807) is 0 Å². The standard InChI is InChI=1S/C14H19ClN2/c1-3-11-8(2)16-14(17-13(11)15)12-7-9-4-5-10(12)6-9/h9-10,12H,3-7H2,1-2H3. The van der Waals surface area contributed by atoms with Crippen molar-refractivity contribution < 1.29 is 0 Å². The Labute approximate surface area is 108 Å². The third-order valence-corrected chi connectivity index (χ3v) is 4.92. The van der Waals surface area contributed by atoms with Crippen molar-refractivity contribution in [3.63, 3.8) is 0 Å². The van der Waals surface area contributed by atoms with E-state index in [1.807, 2.05) is 0 Å². The molecule has 2 aliphatic rings. The summed E-state index contributed by atoms with van der Waals surface area (Å²) in [5.41, 5.74) is 2.18. The molecule has 3 rings (SSSR count). The molecule has 2 nitrogen and oxygen atoms in total. The largest absolute Gasteiger partial charge is 0.238 e. The van der Waals surface area contributed by atoms with Crippen LogP contribution < -0.4 is 0 Å². The molecule has 0 radical (unpaired) electrons. The van der Waals surface area contributed by atoms with Crippen LogP contribution in [0.15, 0.2) is 0 Å². The number of aryl methyl sites for hydroxylation is 1. The minimum absolute atomic E-state index is 0.579. The van der Waals surface area contributed by atoms with Crippen molar-refractivity contribution in [2.24, 2.45) is 11.8 Å². The molecule has 1 aromatic heterocycles. The highest BCUT2D eigenvalue weighted by atomic mass is 35.5. The molecule has 3 unspecified atom stereocenters. The van der Waals surface area contributed by atoms with E-state index in [0.29, 0.717) is 11.1 Å². The summed E-state index contributed by atoms with van der Waals surface area (Å²) in [7, 11) is 0. The summed E-state index contributed by atoms with van der Waals surface area (Å²) in [6.07, 6.45) is 6.37. The number of rotatable bonds is 2. The van der Waals surface area contributed by atoms with Crippen LogP contribution in [0.4, 0.5) is 0 Å². The van der Waals surface area contributed by atoms with Crippen molar-refractivity contribution in [3.8, 4) is 0 Å². The summed E-state index contributed by atoms with van der Waals surface area (Å²) < 4.78 is 0. The van der Waals surface area contributed by atoms with Crippen LogP contribution in [0.3, 0.4) is 0 Å². The van der Waals surface area contributed by atoms with Gasteiger partial charge in [-0.05, 0) is 44.4 Å². The summed E-state index contributed by atoms with van der Waals surface area (Å²) in [5, 5.41) is 0.678. The van der Waals surface area contributed by atoms with E-state index in [1.165, 1.54) is 25.7 Å². The van der Waals surface area contributed by atoms with Crippen molar-refractivity contribution in [1.29, 1.82) is 0 Å². The molecule has 0 N–H and O–H groups in total. The van der Waals surface area contributed by atoms with E-state index in [-0.39, 0.29) is 0 Å². The Morgan fingerprint density at radius 2 is 2.06 bits per heavy atom. The Bertz CT molecular complexity index is 421. The number of aromatic nitrogens is 2. The van der Waals surface area contributed by atoms with E-state index in [9.17, 15) is 0 Å². The van der Waals surface area contributed by atoms with Crippen LogP contribution >= 0.6 is 11.6 Å². The van der Waals surface area contributed by atoms with Gasteiger partial charge < -0.3 is 0 Å². The first-order valence-electron chi connectivity index (χ1n) is 6.72. The smallest absolute Gasteiger partial charge is 0.136 e. The Morgan fingerprint density at radius 3 is 2.59 bits per heavy atom. The highest BCUT2D eigenvalue weighted by molar-refractivity contribution is 6.30. The maximum Gasteiger partial charge on any atom is 0.136 e. The molecule has 0 aliphatic heterocycles. The average molecular weight is 251 g/mol. The highest BCUT2D eigenvalue weighted by Gasteiger charge is 2.41. The summed E-state index contributed by atoms with van der Waals surface area (Å²) in [5.74, 6) is 3.34. The molecule has 3 atom stereocenters. The van der Waals surface area contributed by atoms with E-state index in [2.05, 4.69) is 18.8 Å². The molecule has 2 bridgehead atoms. The maximum atomic E-state index is 6.26. The number of halogens is 1. The minimum atomic E-state index is 0.579. The molecule has 0 spiro atoms. The van der Waals surface area contributed by atoms with Gasteiger partial charge in [0.15, 0.2) is 0 Å². The van der Waals surface area contributed by atoms with Crippen LogP contribution in [0.2, 0.25) is 5.15 Å². The number of nitrogens with zero attached hydrogens (tertiary/aromatic N) is 2. The summed E-state index contributed by atoms with van der Waals surface area (Å²) >= 11 is 6.26. The zero-order valence-corrected chi connectivity index (χ0v) is 11.3. The predicted octanol–water partition coefficient (Wildman–Crippen LogP) is 3.90. The van der Waals surface area contributed by atoms with Crippen LogP contribution in [0.5, 0.6) is 0 Å². The van der Waals surface area contributed by atoms with Crippen LogP contribution in [0.25, 0.3) is 0 Å². The summed E-state index contributed by atoms with van der Waals surface area (Å²) in [6, 6.07) is 0. The van der Waals surface area contributed by atoms with Crippen molar-refractivity contribution in [2.75, 3.05) is 0 Å². The van der Waals surface area contributed by atoms with Crippen LogP contribution in [-0.2, 0) is 6.42 Å². The van der Waals surface area contributed by atoms with Crippen molar-refractivity contribution in [1.82, 2.24) is 9.97 Å². The molecular formula is C14H19ClN2. The highest BCUT2D eigenvalue weighted by Crippen LogP contribution is 2.52. The van der Waals surface area contributed by atoms with Gasteiger partial charge in [-0.1, -0.05) is 24.9 Å². The molecule has 2 saturated carbocycles. The zero-order chi connectivity index (χ0) is 12.0. The van der Waals surface area contributed by atoms with Crippen molar-refractivity contribution in [3.05, 3.63) is 22.2 Å². The minimum Gasteiger partial charge on any atom is -0.238 e. The van der Waals surface area contributed by atoms with Gasteiger partial charge in [0.2, 0.25) is 0 Å². The fourth-order valence-corrected chi connectivity index (χ4v) is 4.07. The molecule has 1 heterocycles. The molecule has 0 amide bonds. The van der Waals surface area contributed by atoms with Gasteiger partial charge in [0.05, 0.1) is 0 Å². The second kappa shape index (κ2) is 4.24. The number of fused-ring (bicyclic) bond motifs is 2. The van der Waals surface area contributed by atoms with Gasteiger partial charge in [0.1, 0.15) is 11.0 Å². The van der Waals surface area contributed by atoms with Crippen molar-refractivity contribution in [2.45, 2.75) is 51.9 Å². The van der Waals surface area contributed by atoms with Crippen LogP contribution in [0.1, 0.15) is 55.6 Å². The number of hydrogen-bond donors (Lipinski definition) is 0. The fraction of sp³-hybridized carbons (Fsp3) is 0.714. The molecule has 17 heavy (non-hydrogen) atoms. The third kappa shape index (κ3) is 1.87. The summed E-state index contributed by atoms with van der Waals surface area (Å²) in [6.45, 7) is 4.16. The lowest BCUT2D eigenvalue weighted by Gasteiger charge is -2.21. The van der Waals surface area contributed by atoms with Crippen LogP contribution in [-0.4, -0.2) is 9.97 Å². The molecule has 92 valence electrons. The van der Waals surface area contributed by atoms with Crippen LogP contribution in [0, 0.1) is 18.8 Å². The van der Waals surface area contributed by atoms with Gasteiger partial charge in [-0.3, -0.25) is 0 Å². The normalized spacial score (nSPS) is 31.1. The molecular weight excluding hydrogens is 232 g/mol. The third-order valence-electron chi connectivity index (χ3n) is 4.60. The predicted molar refractivity (Wildman–Crippen MR) is 69.3 cm³/mol. The van der Waals surface area contributed by atoms with E-state index < -0.39 is 0 Å². The van der Waals surface area contributed by atoms with Gasteiger partial charge >= 0.3 is 0 Å². The van der Waals surface area contributed by atoms with E-state index in [0.717, 1.165) is 35.3 Å². The molecule has 0 aromatic carbocycles. The average Bonchev–Trinajstić information content (AvgIpc) is 2.90. The molecule has 1 aromatic rings. The molecule has 2 aliphatic carbocycles. The SMILES string of the molecule is CCc1c(C)nc(C2CC3CCC2C3)nc1Cl. The van der Waals surface area contributed by atoms with Gasteiger partial charge in [0.25, 0.3) is 0 Å². The Morgan fingerprint density at radius 1 is 1.24 bits per heavy atom. The first-order valence-corrected chi connectivity index (χ1v) is 7.09. The van der Waals surface area contributed by atoms with Gasteiger partial charge in [-0.25, -0.2) is 9.97 Å². The second-order valence-electron chi connectivity index (χ2n) is 5.57. The molecule has 3 heteroatoms. The van der Waals surface area contributed by atoms with Crippen molar-refractivity contribution >= 4 is 11.6 Å². The monoisotopic (exact) mass is 250 g/mol. The van der Waals surface area contributed by atoms with E-state index >= 15 is 0 Å². The fourth-order valence-electron chi connectivity index (χ4n) is 3.71. The lowest BCUT2D eigenvalue weighted by atomic mass is 9.88. The Hall–Kier alpha value is -0.630. The van der Waals surface area contributed by atoms with E-state index in [4.69, 9.17) is 16.6 Å². The quantitative estimate of drug-likeness (QED) is 0.744. The van der Waals surface area contributed by atoms with Gasteiger partial charge in [-0.15, -0.1) is 0 Å². The molecule has 0 saturated heterocycles. The lowest BCUT2D eigenvalue weighted by molar-refractivity contribution is 0.404. The topological polar surface area (TPSA) is 25.8 Å². The zero-order valence-electron chi connectivity index (χ0n) is 10.5. The second-order valence-corrected chi connectivity index (χ2v) is 5.93. The van der Waals surface area contributed by atoms with Gasteiger partial charge in [0, 0.05) is 17.2 Å². The molecule has 2 fully saturated rings. The van der Waals surface area contributed by atoms with Gasteiger partial charge in [-0.2, -0.15) is 0 Å². The Balaban J connectivity index is 1.94. The summed E-state index contributed by atoms with van der Waals surface area (Å²) in [4.78, 5) is 9.27. The Kier molecular flexibility index (Phi) is 2.86. The first kappa shape index (κ1) is 11.5. The number of hydrogen-bond acceptors (Lipinski definition) is 2.